The van der Waals surface area contributed by atoms with Gasteiger partial charge in [0, 0.05) is 0 Å². The third-order valence-corrected chi connectivity index (χ3v) is 0.865. The van der Waals surface area contributed by atoms with E-state index < -0.39 is 4.92 Å². The predicted octanol–water partition coefficient (Wildman–Crippen LogP) is 0.626. The number of aromatic nitrogens is 2. The first-order valence-electron chi connectivity index (χ1n) is 2.36. The molecule has 1 aromatic heterocycles. The van der Waals surface area contributed by atoms with Crippen molar-refractivity contribution < 1.29 is 4.92 Å². The summed E-state index contributed by atoms with van der Waals surface area (Å²) in [6, 6.07) is 0. The van der Waals surface area contributed by atoms with Crippen LogP contribution in [0.2, 0.25) is 0 Å². The van der Waals surface area contributed by atoms with Crippen molar-refractivity contribution in [2.75, 3.05) is 0 Å². The maximum absolute atomic E-state index is 9.93. The topological polar surface area (TPSA) is 71.8 Å². The third kappa shape index (κ3) is 1.04. The number of rotatable bonds is 1. The van der Waals surface area contributed by atoms with Crippen molar-refractivity contribution in [1.29, 1.82) is 0 Å². The van der Waals surface area contributed by atoms with Crippen LogP contribution in [-0.2, 0) is 0 Å². The fraction of sp³-hybridized carbons (Fsp3) is 0.250. The largest absolute Gasteiger partial charge is 0.432 e. The quantitative estimate of drug-likeness (QED) is 0.444. The molecule has 0 saturated carbocycles. The molecule has 5 nitrogen and oxygen atoms in total. The number of aryl methyl sites for hydroxylation is 1. The highest BCUT2D eigenvalue weighted by Gasteiger charge is 2.06. The maximum Gasteiger partial charge on any atom is 0.432 e. The predicted molar refractivity (Wildman–Crippen MR) is 30.0 cm³/mol. The van der Waals surface area contributed by atoms with Gasteiger partial charge in [0.2, 0.25) is 0 Å². The van der Waals surface area contributed by atoms with Crippen molar-refractivity contribution in [3.8, 4) is 0 Å². The van der Waals surface area contributed by atoms with Crippen LogP contribution in [0.4, 0.5) is 5.95 Å². The average molecular weight is 127 g/mol. The van der Waals surface area contributed by atoms with Gasteiger partial charge in [0.1, 0.15) is 11.9 Å². The first-order valence-corrected chi connectivity index (χ1v) is 2.36. The zero-order valence-electron chi connectivity index (χ0n) is 4.79. The van der Waals surface area contributed by atoms with Gasteiger partial charge in [-0.3, -0.25) is 0 Å². The van der Waals surface area contributed by atoms with Crippen LogP contribution in [0.25, 0.3) is 0 Å². The minimum Gasteiger partial charge on any atom is -0.390 e. The van der Waals surface area contributed by atoms with Crippen molar-refractivity contribution in [1.82, 2.24) is 9.97 Å². The minimum atomic E-state index is -0.562. The van der Waals surface area contributed by atoms with E-state index in [1.807, 2.05) is 0 Å². The lowest BCUT2D eigenvalue weighted by molar-refractivity contribution is -0.393. The standard InChI is InChI=1S/C4H5N3O2/c1-3-2-5-4(6-3)7(8)9/h2H,1H3,(H,5,6). The Kier molecular flexibility index (Phi) is 1.18. The highest BCUT2D eigenvalue weighted by atomic mass is 16.6. The van der Waals surface area contributed by atoms with Gasteiger partial charge in [-0.25, -0.2) is 4.98 Å². The van der Waals surface area contributed by atoms with E-state index in [1.54, 1.807) is 6.92 Å². The van der Waals surface area contributed by atoms with E-state index in [2.05, 4.69) is 9.97 Å². The van der Waals surface area contributed by atoms with Crippen LogP contribution in [0.15, 0.2) is 6.20 Å². The lowest BCUT2D eigenvalue weighted by Crippen LogP contribution is -1.88. The van der Waals surface area contributed by atoms with Gasteiger partial charge in [0.15, 0.2) is 0 Å². The lowest BCUT2D eigenvalue weighted by atomic mass is 10.6. The average Bonchev–Trinajstić information content (AvgIpc) is 2.14. The zero-order chi connectivity index (χ0) is 6.85. The fourth-order valence-electron chi connectivity index (χ4n) is 0.494. The Bertz CT molecular complexity index is 229. The van der Waals surface area contributed by atoms with Crippen LogP contribution in [0.1, 0.15) is 5.69 Å². The zero-order valence-corrected chi connectivity index (χ0v) is 4.79. The monoisotopic (exact) mass is 127 g/mol. The molecule has 1 rings (SSSR count). The second-order valence-corrected chi connectivity index (χ2v) is 1.62. The summed E-state index contributed by atoms with van der Waals surface area (Å²) in [5.74, 6) is -0.201. The van der Waals surface area contributed by atoms with Gasteiger partial charge in [-0.05, 0) is 11.8 Å². The van der Waals surface area contributed by atoms with E-state index in [0.29, 0.717) is 5.69 Å². The molecule has 0 amide bonds. The Balaban J connectivity index is 2.98. The van der Waals surface area contributed by atoms with E-state index in [4.69, 9.17) is 0 Å². The minimum absolute atomic E-state index is 0.201. The molecule has 0 aliphatic rings. The Morgan fingerprint density at radius 3 is 2.78 bits per heavy atom. The molecular formula is C4H5N3O2. The van der Waals surface area contributed by atoms with Gasteiger partial charge < -0.3 is 10.1 Å². The first-order chi connectivity index (χ1) is 4.20. The summed E-state index contributed by atoms with van der Waals surface area (Å²) in [7, 11) is 0. The van der Waals surface area contributed by atoms with Crippen LogP contribution in [0.5, 0.6) is 0 Å². The summed E-state index contributed by atoms with van der Waals surface area (Å²) >= 11 is 0. The number of H-pyrrole nitrogens is 1. The van der Waals surface area contributed by atoms with Crippen LogP contribution in [-0.4, -0.2) is 14.9 Å². The molecule has 0 aliphatic heterocycles. The van der Waals surface area contributed by atoms with Gasteiger partial charge >= 0.3 is 5.95 Å². The highest BCUT2D eigenvalue weighted by molar-refractivity contribution is 5.08. The van der Waals surface area contributed by atoms with Crippen molar-refractivity contribution in [3.05, 3.63) is 22.0 Å². The molecule has 0 aliphatic carbocycles. The number of nitrogens with zero attached hydrogens (tertiary/aromatic N) is 2. The third-order valence-electron chi connectivity index (χ3n) is 0.865. The van der Waals surface area contributed by atoms with E-state index >= 15 is 0 Å². The molecule has 0 spiro atoms. The van der Waals surface area contributed by atoms with Gasteiger partial charge in [0.25, 0.3) is 0 Å². The van der Waals surface area contributed by atoms with E-state index in [9.17, 15) is 10.1 Å². The second kappa shape index (κ2) is 1.85. The Morgan fingerprint density at radius 2 is 2.56 bits per heavy atom. The maximum atomic E-state index is 9.93. The number of hydrogen-bond donors (Lipinski definition) is 1. The highest BCUT2D eigenvalue weighted by Crippen LogP contribution is 2.01. The summed E-state index contributed by atoms with van der Waals surface area (Å²) in [5, 5.41) is 9.93. The summed E-state index contributed by atoms with van der Waals surface area (Å²) < 4.78 is 0. The molecular weight excluding hydrogens is 122 g/mol. The normalized spacial score (nSPS) is 9.44. The molecule has 0 saturated heterocycles. The Labute approximate surface area is 50.9 Å². The summed E-state index contributed by atoms with van der Waals surface area (Å²) in [6.45, 7) is 1.68. The molecule has 1 N–H and O–H groups in total. The SMILES string of the molecule is Cc1c[nH]c([N+](=O)[O-])n1. The molecule has 5 heteroatoms. The van der Waals surface area contributed by atoms with Gasteiger partial charge in [-0.15, -0.1) is 0 Å². The number of nitrogens with one attached hydrogen (secondary N) is 1. The molecule has 48 valence electrons. The molecule has 0 radical (unpaired) electrons. The van der Waals surface area contributed by atoms with Crippen LogP contribution < -0.4 is 0 Å². The number of nitro groups is 1. The smallest absolute Gasteiger partial charge is 0.390 e. The number of imidazole rings is 1. The molecule has 0 bridgehead atoms. The number of hydrogen-bond acceptors (Lipinski definition) is 3. The second-order valence-electron chi connectivity index (χ2n) is 1.62. The van der Waals surface area contributed by atoms with E-state index in [0.717, 1.165) is 0 Å². The molecule has 1 aromatic rings. The molecule has 0 unspecified atom stereocenters. The molecule has 9 heavy (non-hydrogen) atoms. The Morgan fingerprint density at radius 1 is 1.89 bits per heavy atom. The van der Waals surface area contributed by atoms with Gasteiger partial charge in [-0.1, -0.05) is 4.98 Å². The van der Waals surface area contributed by atoms with Crippen molar-refractivity contribution >= 4 is 5.95 Å². The van der Waals surface area contributed by atoms with E-state index in [-0.39, 0.29) is 5.95 Å². The summed E-state index contributed by atoms with van der Waals surface area (Å²) in [5.41, 5.74) is 0.627. The molecule has 0 atom stereocenters. The van der Waals surface area contributed by atoms with Crippen LogP contribution >= 0.6 is 0 Å². The fourth-order valence-corrected chi connectivity index (χ4v) is 0.494. The van der Waals surface area contributed by atoms with Gasteiger partial charge in [-0.2, -0.15) is 0 Å². The molecule has 0 fully saturated rings. The lowest BCUT2D eigenvalue weighted by Gasteiger charge is -1.84. The molecule has 0 aromatic carbocycles. The van der Waals surface area contributed by atoms with Crippen molar-refractivity contribution in [2.45, 2.75) is 6.92 Å². The van der Waals surface area contributed by atoms with Crippen molar-refractivity contribution in [3.63, 3.8) is 0 Å². The van der Waals surface area contributed by atoms with Crippen molar-refractivity contribution in [2.24, 2.45) is 0 Å². The molecule has 1 heterocycles. The summed E-state index contributed by atoms with van der Waals surface area (Å²) in [4.78, 5) is 15.3. The first kappa shape index (κ1) is 5.74. The van der Waals surface area contributed by atoms with Crippen LogP contribution in [0.3, 0.4) is 0 Å². The summed E-state index contributed by atoms with van der Waals surface area (Å²) in [6.07, 6.45) is 1.48. The van der Waals surface area contributed by atoms with Gasteiger partial charge in [0.05, 0.1) is 0 Å². The van der Waals surface area contributed by atoms with Crippen LogP contribution in [0, 0.1) is 17.0 Å². The Hall–Kier alpha value is -1.39. The van der Waals surface area contributed by atoms with E-state index in [1.165, 1.54) is 6.20 Å². The number of aromatic amines is 1.